The summed E-state index contributed by atoms with van der Waals surface area (Å²) >= 11 is 8.35. The zero-order valence-corrected chi connectivity index (χ0v) is 11.3. The molecule has 0 saturated heterocycles. The highest BCUT2D eigenvalue weighted by Crippen LogP contribution is 2.26. The van der Waals surface area contributed by atoms with Crippen molar-refractivity contribution in [3.05, 3.63) is 31.6 Å². The molecule has 2 rings (SSSR count). The number of hydrogen-bond donors (Lipinski definition) is 0. The number of thiophene rings is 1. The molecule has 0 fully saturated rings. The van der Waals surface area contributed by atoms with Crippen LogP contribution in [0.1, 0.15) is 5.56 Å². The molecule has 0 saturated carbocycles. The average molecular weight is 334 g/mol. The number of aryl methyl sites for hydroxylation is 1. The second-order valence-corrected chi connectivity index (χ2v) is 5.17. The van der Waals surface area contributed by atoms with Crippen molar-refractivity contribution in [2.75, 3.05) is 0 Å². The highest BCUT2D eigenvalue weighted by molar-refractivity contribution is 9.11. The summed E-state index contributed by atoms with van der Waals surface area (Å²) in [4.78, 5) is 8.64. The van der Waals surface area contributed by atoms with Crippen LogP contribution in [0.4, 0.5) is 0 Å². The van der Waals surface area contributed by atoms with E-state index in [1.807, 2.05) is 6.07 Å². The van der Waals surface area contributed by atoms with Crippen LogP contribution in [0.5, 0.6) is 0 Å². The Bertz CT molecular complexity index is 447. The Labute approximate surface area is 103 Å². The summed E-state index contributed by atoms with van der Waals surface area (Å²) in [6.07, 6.45) is 0. The van der Waals surface area contributed by atoms with Crippen molar-refractivity contribution in [1.29, 1.82) is 0 Å². The Morgan fingerprint density at radius 1 is 1.14 bits per heavy atom. The van der Waals surface area contributed by atoms with Gasteiger partial charge in [0.05, 0.1) is 0 Å². The smallest absolute Gasteiger partial charge is 0.162 e. The Morgan fingerprint density at radius 3 is 2.29 bits per heavy atom. The van der Waals surface area contributed by atoms with Crippen molar-refractivity contribution in [2.45, 2.75) is 6.92 Å². The molecule has 0 amide bonds. The average Bonchev–Trinajstić information content (AvgIpc) is 2.49. The van der Waals surface area contributed by atoms with E-state index < -0.39 is 0 Å². The zero-order chi connectivity index (χ0) is 10.1. The first kappa shape index (κ1) is 10.3. The van der Waals surface area contributed by atoms with Crippen LogP contribution in [0.2, 0.25) is 0 Å². The molecule has 0 bridgehead atoms. The molecule has 0 aliphatic heterocycles. The molecule has 0 aromatic carbocycles. The lowest BCUT2D eigenvalue weighted by molar-refractivity contribution is 1.12. The molecule has 2 aromatic heterocycles. The lowest BCUT2D eigenvalue weighted by atomic mass is 10.2. The van der Waals surface area contributed by atoms with Gasteiger partial charge in [-0.15, -0.1) is 0 Å². The van der Waals surface area contributed by atoms with Gasteiger partial charge in [-0.25, -0.2) is 9.97 Å². The molecule has 2 nitrogen and oxygen atoms in total. The SMILES string of the molecule is Cc1cscc1-c1nc(Br)cc(Br)n1. The summed E-state index contributed by atoms with van der Waals surface area (Å²) in [5.41, 5.74) is 2.30. The lowest BCUT2D eigenvalue weighted by Gasteiger charge is -2.00. The first-order valence-corrected chi connectivity index (χ1v) is 6.43. The summed E-state index contributed by atoms with van der Waals surface area (Å²) < 4.78 is 1.58. The van der Waals surface area contributed by atoms with Crippen LogP contribution in [-0.2, 0) is 0 Å². The predicted molar refractivity (Wildman–Crippen MR) is 65.5 cm³/mol. The Kier molecular flexibility index (Phi) is 2.99. The highest BCUT2D eigenvalue weighted by Gasteiger charge is 2.07. The van der Waals surface area contributed by atoms with Crippen LogP contribution in [0, 0.1) is 6.92 Å². The predicted octanol–water partition coefficient (Wildman–Crippen LogP) is 4.04. The molecule has 2 heterocycles. The van der Waals surface area contributed by atoms with Gasteiger partial charge in [-0.2, -0.15) is 11.3 Å². The minimum absolute atomic E-state index is 0.755. The summed E-state index contributed by atoms with van der Waals surface area (Å²) in [6, 6.07) is 1.82. The molecule has 14 heavy (non-hydrogen) atoms. The molecule has 0 atom stereocenters. The van der Waals surface area contributed by atoms with Gasteiger partial charge in [0.1, 0.15) is 9.21 Å². The van der Waals surface area contributed by atoms with E-state index in [1.165, 1.54) is 5.56 Å². The van der Waals surface area contributed by atoms with Crippen molar-refractivity contribution in [2.24, 2.45) is 0 Å². The maximum Gasteiger partial charge on any atom is 0.162 e. The second-order valence-electron chi connectivity index (χ2n) is 2.81. The van der Waals surface area contributed by atoms with Gasteiger partial charge in [-0.1, -0.05) is 0 Å². The summed E-state index contributed by atoms with van der Waals surface area (Å²) in [6.45, 7) is 2.06. The van der Waals surface area contributed by atoms with E-state index in [0.717, 1.165) is 20.6 Å². The third kappa shape index (κ3) is 2.04. The molecule has 72 valence electrons. The van der Waals surface area contributed by atoms with Crippen LogP contribution in [-0.4, -0.2) is 9.97 Å². The van der Waals surface area contributed by atoms with Crippen molar-refractivity contribution < 1.29 is 0 Å². The van der Waals surface area contributed by atoms with Gasteiger partial charge < -0.3 is 0 Å². The van der Waals surface area contributed by atoms with Crippen molar-refractivity contribution >= 4 is 43.2 Å². The fourth-order valence-electron chi connectivity index (χ4n) is 1.10. The molecular formula is C9H6Br2N2S. The van der Waals surface area contributed by atoms with E-state index in [0.29, 0.717) is 0 Å². The Morgan fingerprint density at radius 2 is 1.79 bits per heavy atom. The van der Waals surface area contributed by atoms with Crippen molar-refractivity contribution in [3.8, 4) is 11.4 Å². The maximum absolute atomic E-state index is 4.32. The Balaban J connectivity index is 2.57. The molecule has 2 aromatic rings. The monoisotopic (exact) mass is 332 g/mol. The number of hydrogen-bond acceptors (Lipinski definition) is 3. The quantitative estimate of drug-likeness (QED) is 0.736. The molecule has 0 spiro atoms. The van der Waals surface area contributed by atoms with Crippen LogP contribution < -0.4 is 0 Å². The molecule has 5 heteroatoms. The molecule has 0 aliphatic carbocycles. The van der Waals surface area contributed by atoms with E-state index in [9.17, 15) is 0 Å². The van der Waals surface area contributed by atoms with Gasteiger partial charge in [0.2, 0.25) is 0 Å². The number of aromatic nitrogens is 2. The maximum atomic E-state index is 4.32. The van der Waals surface area contributed by atoms with E-state index >= 15 is 0 Å². The highest BCUT2D eigenvalue weighted by atomic mass is 79.9. The minimum Gasteiger partial charge on any atom is -0.221 e. The molecule has 0 unspecified atom stereocenters. The molecule has 0 radical (unpaired) electrons. The van der Waals surface area contributed by atoms with Crippen LogP contribution in [0.3, 0.4) is 0 Å². The van der Waals surface area contributed by atoms with E-state index in [2.05, 4.69) is 59.5 Å². The fourth-order valence-corrected chi connectivity index (χ4v) is 3.00. The van der Waals surface area contributed by atoms with Gasteiger partial charge in [0.15, 0.2) is 5.82 Å². The second kappa shape index (κ2) is 4.08. The summed E-state index contributed by atoms with van der Waals surface area (Å²) in [5, 5.41) is 4.15. The Hall–Kier alpha value is -0.260. The van der Waals surface area contributed by atoms with Crippen molar-refractivity contribution in [3.63, 3.8) is 0 Å². The standard InChI is InChI=1S/C9H6Br2N2S/c1-5-3-14-4-6(5)9-12-7(10)2-8(11)13-9/h2-4H,1H3. The normalized spacial score (nSPS) is 10.5. The van der Waals surface area contributed by atoms with Gasteiger partial charge in [0.25, 0.3) is 0 Å². The van der Waals surface area contributed by atoms with Crippen LogP contribution >= 0.6 is 43.2 Å². The fraction of sp³-hybridized carbons (Fsp3) is 0.111. The van der Waals surface area contributed by atoms with Crippen LogP contribution in [0.15, 0.2) is 26.0 Å². The third-order valence-corrected chi connectivity index (χ3v) is 3.43. The first-order valence-electron chi connectivity index (χ1n) is 3.90. The molecular weight excluding hydrogens is 328 g/mol. The van der Waals surface area contributed by atoms with Crippen molar-refractivity contribution in [1.82, 2.24) is 9.97 Å². The van der Waals surface area contributed by atoms with E-state index in [-0.39, 0.29) is 0 Å². The van der Waals surface area contributed by atoms with Gasteiger partial charge in [-0.3, -0.25) is 0 Å². The van der Waals surface area contributed by atoms with E-state index in [4.69, 9.17) is 0 Å². The van der Waals surface area contributed by atoms with Gasteiger partial charge in [0, 0.05) is 17.0 Å². The summed E-state index contributed by atoms with van der Waals surface area (Å²) in [7, 11) is 0. The molecule has 0 N–H and O–H groups in total. The molecule has 0 aliphatic rings. The zero-order valence-electron chi connectivity index (χ0n) is 7.29. The van der Waals surface area contributed by atoms with E-state index in [1.54, 1.807) is 11.3 Å². The van der Waals surface area contributed by atoms with Gasteiger partial charge in [-0.05, 0) is 49.7 Å². The number of rotatable bonds is 1. The lowest BCUT2D eigenvalue weighted by Crippen LogP contribution is -1.90. The summed E-state index contributed by atoms with van der Waals surface area (Å²) in [5.74, 6) is 0.755. The topological polar surface area (TPSA) is 25.8 Å². The van der Waals surface area contributed by atoms with Gasteiger partial charge >= 0.3 is 0 Å². The first-order chi connectivity index (χ1) is 6.66. The third-order valence-electron chi connectivity index (χ3n) is 1.76. The largest absolute Gasteiger partial charge is 0.221 e. The number of nitrogens with zero attached hydrogens (tertiary/aromatic N) is 2. The minimum atomic E-state index is 0.755. The number of halogens is 2. The van der Waals surface area contributed by atoms with Crippen LogP contribution in [0.25, 0.3) is 11.4 Å².